The summed E-state index contributed by atoms with van der Waals surface area (Å²) in [4.78, 5) is 12.4. The van der Waals surface area contributed by atoms with Gasteiger partial charge in [-0.1, -0.05) is 18.2 Å². The molecule has 0 unspecified atom stereocenters. The van der Waals surface area contributed by atoms with Crippen molar-refractivity contribution >= 4 is 27.3 Å². The average Bonchev–Trinajstić information content (AvgIpc) is 2.48. The van der Waals surface area contributed by atoms with Crippen molar-refractivity contribution in [3.63, 3.8) is 0 Å². The van der Waals surface area contributed by atoms with Crippen LogP contribution in [-0.4, -0.2) is 27.7 Å². The van der Waals surface area contributed by atoms with Crippen molar-refractivity contribution in [2.45, 2.75) is 6.92 Å². The van der Waals surface area contributed by atoms with Crippen molar-refractivity contribution < 1.29 is 17.9 Å². The molecule has 1 amide bonds. The van der Waals surface area contributed by atoms with E-state index >= 15 is 0 Å². The number of carbonyl (C=O) groups is 1. The Hall–Kier alpha value is -2.54. The predicted octanol–water partition coefficient (Wildman–Crippen LogP) is 2.63. The molecule has 0 aliphatic rings. The smallest absolute Gasteiger partial charge is 0.255 e. The fraction of sp³-hybridized carbons (Fsp3) is 0.188. The number of nitrogens with one attached hydrogen (secondary N) is 2. The summed E-state index contributed by atoms with van der Waals surface area (Å²) < 4.78 is 30.3. The molecule has 0 saturated heterocycles. The van der Waals surface area contributed by atoms with E-state index in [9.17, 15) is 13.2 Å². The monoisotopic (exact) mass is 334 g/mol. The Morgan fingerprint density at radius 1 is 1.09 bits per heavy atom. The van der Waals surface area contributed by atoms with Gasteiger partial charge in [0.25, 0.3) is 5.91 Å². The molecule has 0 bridgehead atoms. The number of sulfonamides is 1. The molecule has 0 aliphatic carbocycles. The minimum absolute atomic E-state index is 0.340. The molecule has 0 saturated carbocycles. The Kier molecular flexibility index (Phi) is 4.90. The van der Waals surface area contributed by atoms with Gasteiger partial charge in [-0.2, -0.15) is 0 Å². The normalized spacial score (nSPS) is 10.9. The van der Waals surface area contributed by atoms with Gasteiger partial charge in [-0.05, 0) is 36.8 Å². The van der Waals surface area contributed by atoms with Crippen LogP contribution in [0.15, 0.2) is 42.5 Å². The molecule has 2 N–H and O–H groups in total. The van der Waals surface area contributed by atoms with Crippen LogP contribution in [0.3, 0.4) is 0 Å². The number of ether oxygens (including phenoxy) is 1. The van der Waals surface area contributed by atoms with E-state index in [-0.39, 0.29) is 5.91 Å². The van der Waals surface area contributed by atoms with E-state index in [4.69, 9.17) is 4.74 Å². The number of rotatable bonds is 5. The first-order chi connectivity index (χ1) is 10.8. The molecule has 2 rings (SSSR count). The van der Waals surface area contributed by atoms with Crippen LogP contribution in [0, 0.1) is 6.92 Å². The topological polar surface area (TPSA) is 84.5 Å². The number of benzene rings is 2. The zero-order valence-corrected chi connectivity index (χ0v) is 13.9. The Morgan fingerprint density at radius 2 is 1.78 bits per heavy atom. The SMILES string of the molecule is COc1ccccc1NC(=O)c1ccc(C)c(NS(C)(=O)=O)c1. The lowest BCUT2D eigenvalue weighted by molar-refractivity contribution is 0.102. The molecule has 0 aliphatic heterocycles. The number of methoxy groups -OCH3 is 1. The van der Waals surface area contributed by atoms with Gasteiger partial charge in [-0.3, -0.25) is 9.52 Å². The highest BCUT2D eigenvalue weighted by Gasteiger charge is 2.12. The Bertz CT molecular complexity index is 832. The molecule has 0 radical (unpaired) electrons. The largest absolute Gasteiger partial charge is 0.495 e. The number of para-hydroxylation sites is 2. The van der Waals surface area contributed by atoms with Gasteiger partial charge in [0.05, 0.1) is 24.7 Å². The Balaban J connectivity index is 2.28. The zero-order chi connectivity index (χ0) is 17.0. The Morgan fingerprint density at radius 3 is 2.43 bits per heavy atom. The van der Waals surface area contributed by atoms with E-state index in [1.54, 1.807) is 43.3 Å². The fourth-order valence-electron chi connectivity index (χ4n) is 2.02. The van der Waals surface area contributed by atoms with Crippen LogP contribution in [0.5, 0.6) is 5.75 Å². The second kappa shape index (κ2) is 6.70. The Labute approximate surface area is 135 Å². The third kappa shape index (κ3) is 4.46. The van der Waals surface area contributed by atoms with Crippen molar-refractivity contribution in [2.24, 2.45) is 0 Å². The minimum atomic E-state index is -3.41. The van der Waals surface area contributed by atoms with Crippen molar-refractivity contribution in [3.8, 4) is 5.75 Å². The molecule has 23 heavy (non-hydrogen) atoms. The summed E-state index contributed by atoms with van der Waals surface area (Å²) >= 11 is 0. The highest BCUT2D eigenvalue weighted by atomic mass is 32.2. The zero-order valence-electron chi connectivity index (χ0n) is 13.1. The highest BCUT2D eigenvalue weighted by Crippen LogP contribution is 2.24. The number of anilines is 2. The van der Waals surface area contributed by atoms with Crippen molar-refractivity contribution in [1.82, 2.24) is 0 Å². The summed E-state index contributed by atoms with van der Waals surface area (Å²) in [6.45, 7) is 1.76. The van der Waals surface area contributed by atoms with E-state index in [0.29, 0.717) is 22.7 Å². The van der Waals surface area contributed by atoms with Crippen LogP contribution in [-0.2, 0) is 10.0 Å². The molecule has 0 fully saturated rings. The van der Waals surface area contributed by atoms with Gasteiger partial charge < -0.3 is 10.1 Å². The molecule has 2 aromatic carbocycles. The van der Waals surface area contributed by atoms with Gasteiger partial charge in [-0.25, -0.2) is 8.42 Å². The minimum Gasteiger partial charge on any atom is -0.495 e. The molecule has 2 aromatic rings. The van der Waals surface area contributed by atoms with Crippen LogP contribution in [0.1, 0.15) is 15.9 Å². The lowest BCUT2D eigenvalue weighted by atomic mass is 10.1. The number of hydrogen-bond donors (Lipinski definition) is 2. The summed E-state index contributed by atoms with van der Waals surface area (Å²) in [6, 6.07) is 11.9. The van der Waals surface area contributed by atoms with E-state index in [1.165, 1.54) is 13.2 Å². The molecule has 0 heterocycles. The van der Waals surface area contributed by atoms with Gasteiger partial charge in [0.1, 0.15) is 5.75 Å². The molecule has 6 nitrogen and oxygen atoms in total. The molecule has 0 atom stereocenters. The lowest BCUT2D eigenvalue weighted by Crippen LogP contribution is -2.15. The van der Waals surface area contributed by atoms with Gasteiger partial charge in [0.15, 0.2) is 0 Å². The van der Waals surface area contributed by atoms with Gasteiger partial charge in [0.2, 0.25) is 10.0 Å². The standard InChI is InChI=1S/C16H18N2O4S/c1-11-8-9-12(10-14(11)18-23(3,20)21)16(19)17-13-6-4-5-7-15(13)22-2/h4-10,18H,1-3H3,(H,17,19). The number of aryl methyl sites for hydroxylation is 1. The third-order valence-electron chi connectivity index (χ3n) is 3.15. The van der Waals surface area contributed by atoms with Crippen LogP contribution in [0.4, 0.5) is 11.4 Å². The van der Waals surface area contributed by atoms with E-state index < -0.39 is 10.0 Å². The maximum absolute atomic E-state index is 12.4. The quantitative estimate of drug-likeness (QED) is 0.880. The maximum Gasteiger partial charge on any atom is 0.255 e. The van der Waals surface area contributed by atoms with Crippen molar-refractivity contribution in [2.75, 3.05) is 23.4 Å². The average molecular weight is 334 g/mol. The summed E-state index contributed by atoms with van der Waals surface area (Å²) in [5.74, 6) is 0.188. The van der Waals surface area contributed by atoms with Crippen molar-refractivity contribution in [3.05, 3.63) is 53.6 Å². The van der Waals surface area contributed by atoms with E-state index in [0.717, 1.165) is 11.8 Å². The maximum atomic E-state index is 12.4. The van der Waals surface area contributed by atoms with Crippen molar-refractivity contribution in [1.29, 1.82) is 0 Å². The molecule has 7 heteroatoms. The summed E-state index contributed by atoms with van der Waals surface area (Å²) in [7, 11) is -1.89. The first-order valence-electron chi connectivity index (χ1n) is 6.83. The molecule has 0 aromatic heterocycles. The summed E-state index contributed by atoms with van der Waals surface area (Å²) in [6.07, 6.45) is 1.06. The first kappa shape index (κ1) is 16.8. The van der Waals surface area contributed by atoms with E-state index in [2.05, 4.69) is 10.0 Å². The van der Waals surface area contributed by atoms with Gasteiger partial charge in [0, 0.05) is 5.56 Å². The highest BCUT2D eigenvalue weighted by molar-refractivity contribution is 7.92. The number of carbonyl (C=O) groups excluding carboxylic acids is 1. The van der Waals surface area contributed by atoms with Gasteiger partial charge in [-0.15, -0.1) is 0 Å². The molecule has 0 spiro atoms. The molecular formula is C16H18N2O4S. The second-order valence-corrected chi connectivity index (χ2v) is 6.81. The second-order valence-electron chi connectivity index (χ2n) is 5.06. The van der Waals surface area contributed by atoms with E-state index in [1.807, 2.05) is 0 Å². The van der Waals surface area contributed by atoms with Gasteiger partial charge >= 0.3 is 0 Å². The van der Waals surface area contributed by atoms with Crippen LogP contribution in [0.2, 0.25) is 0 Å². The summed E-state index contributed by atoms with van der Waals surface area (Å²) in [5.41, 5.74) is 1.98. The first-order valence-corrected chi connectivity index (χ1v) is 8.72. The molecular weight excluding hydrogens is 316 g/mol. The van der Waals surface area contributed by atoms with Crippen LogP contribution < -0.4 is 14.8 Å². The number of hydrogen-bond acceptors (Lipinski definition) is 4. The predicted molar refractivity (Wildman–Crippen MR) is 90.6 cm³/mol. The fourth-order valence-corrected chi connectivity index (χ4v) is 2.63. The number of amides is 1. The summed E-state index contributed by atoms with van der Waals surface area (Å²) in [5, 5.41) is 2.75. The lowest BCUT2D eigenvalue weighted by Gasteiger charge is -2.12. The molecule has 122 valence electrons. The van der Waals surface area contributed by atoms with Crippen LogP contribution >= 0.6 is 0 Å². The van der Waals surface area contributed by atoms with Crippen LogP contribution in [0.25, 0.3) is 0 Å². The third-order valence-corrected chi connectivity index (χ3v) is 3.74.